The fraction of sp³-hybridized carbons (Fsp3) is 0.481. The first kappa shape index (κ1) is 26.9. The lowest BCUT2D eigenvalue weighted by molar-refractivity contribution is 0.474. The summed E-state index contributed by atoms with van der Waals surface area (Å²) in [4.78, 5) is 0. The van der Waals surface area contributed by atoms with Crippen molar-refractivity contribution in [3.05, 3.63) is 58.1 Å². The molecule has 2 aromatic carbocycles. The van der Waals surface area contributed by atoms with Gasteiger partial charge in [-0.2, -0.15) is 0 Å². The molecule has 0 radical (unpaired) electrons. The van der Waals surface area contributed by atoms with E-state index in [1.807, 2.05) is 6.07 Å². The van der Waals surface area contributed by atoms with E-state index < -0.39 is 16.6 Å². The van der Waals surface area contributed by atoms with Gasteiger partial charge in [-0.15, -0.1) is 0 Å². The highest BCUT2D eigenvalue weighted by Gasteiger charge is 2.40. The van der Waals surface area contributed by atoms with Gasteiger partial charge in [0, 0.05) is 10.5 Å². The molecular formula is C27H41BrO2Si2. The molecule has 32 heavy (non-hydrogen) atoms. The molecule has 0 saturated heterocycles. The Morgan fingerprint density at radius 2 is 1.22 bits per heavy atom. The van der Waals surface area contributed by atoms with Crippen LogP contribution < -0.4 is 8.85 Å². The summed E-state index contributed by atoms with van der Waals surface area (Å²) >= 11 is 3.67. The van der Waals surface area contributed by atoms with Crippen LogP contribution in [0.2, 0.25) is 36.3 Å². The van der Waals surface area contributed by atoms with Crippen LogP contribution in [-0.2, 0) is 0 Å². The van der Waals surface area contributed by atoms with Crippen LogP contribution in [0.25, 0.3) is 11.6 Å². The van der Waals surface area contributed by atoms with Crippen molar-refractivity contribution < 1.29 is 8.85 Å². The first-order valence-corrected chi connectivity index (χ1v) is 18.0. The second-order valence-electron chi connectivity index (χ2n) is 11.8. The predicted molar refractivity (Wildman–Crippen MR) is 150 cm³/mol. The van der Waals surface area contributed by atoms with E-state index in [0.717, 1.165) is 27.1 Å². The molecule has 0 N–H and O–H groups in total. The molecule has 5 heteroatoms. The third kappa shape index (κ3) is 6.61. The zero-order valence-corrected chi connectivity index (χ0v) is 25.4. The molecule has 2 rings (SSSR count). The Balaban J connectivity index is 2.57. The van der Waals surface area contributed by atoms with Gasteiger partial charge in [0.2, 0.25) is 16.6 Å². The molecule has 0 heterocycles. The molecule has 0 saturated carbocycles. The summed E-state index contributed by atoms with van der Waals surface area (Å²) in [5, 5.41) is 0.256. The summed E-state index contributed by atoms with van der Waals surface area (Å²) < 4.78 is 14.5. The second kappa shape index (κ2) is 9.51. The highest BCUT2D eigenvalue weighted by atomic mass is 79.9. The summed E-state index contributed by atoms with van der Waals surface area (Å²) in [7, 11) is -3.95. The normalized spacial score (nSPS) is 13.8. The lowest BCUT2D eigenvalue weighted by Gasteiger charge is -2.38. The Bertz CT molecular complexity index is 934. The van der Waals surface area contributed by atoms with Crippen LogP contribution in [0.1, 0.15) is 59.6 Å². The summed E-state index contributed by atoms with van der Waals surface area (Å²) in [6, 6.07) is 14.7. The van der Waals surface area contributed by atoms with E-state index in [9.17, 15) is 0 Å². The topological polar surface area (TPSA) is 18.5 Å². The van der Waals surface area contributed by atoms with E-state index in [1.165, 1.54) is 5.57 Å². The van der Waals surface area contributed by atoms with Crippen LogP contribution in [0.4, 0.5) is 0 Å². The molecule has 0 atom stereocenters. The molecule has 0 fully saturated rings. The smallest absolute Gasteiger partial charge is 0.250 e. The van der Waals surface area contributed by atoms with Crippen molar-refractivity contribution in [1.29, 1.82) is 0 Å². The van der Waals surface area contributed by atoms with Gasteiger partial charge in [-0.1, -0.05) is 81.7 Å². The van der Waals surface area contributed by atoms with Gasteiger partial charge >= 0.3 is 0 Å². The fourth-order valence-corrected chi connectivity index (χ4v) is 5.15. The number of hydrogen-bond acceptors (Lipinski definition) is 2. The maximum absolute atomic E-state index is 6.71. The highest BCUT2D eigenvalue weighted by molar-refractivity contribution is 9.10. The Hall–Kier alpha value is -1.31. The molecule has 0 spiro atoms. The van der Waals surface area contributed by atoms with Gasteiger partial charge in [-0.3, -0.25) is 0 Å². The standard InChI is InChI=1S/C27H41BrO2Si2/c1-20(16-21-14-12-13-15-25(21)28)22-17-23(29-31(8,9)26(2,3)4)19-24(18-22)30-32(10,11)27(5,6)7/h12-19H,1-11H3/b20-16+. The van der Waals surface area contributed by atoms with E-state index in [1.54, 1.807) is 0 Å². The number of halogens is 1. The first-order chi connectivity index (χ1) is 14.4. The molecule has 176 valence electrons. The van der Waals surface area contributed by atoms with Crippen molar-refractivity contribution in [3.8, 4) is 11.5 Å². The molecule has 0 aromatic heterocycles. The van der Waals surface area contributed by atoms with E-state index in [-0.39, 0.29) is 10.1 Å². The molecule has 2 aromatic rings. The van der Waals surface area contributed by atoms with Crippen molar-refractivity contribution in [2.75, 3.05) is 0 Å². The molecule has 0 aliphatic carbocycles. The molecule has 2 nitrogen and oxygen atoms in total. The summed E-state index contributed by atoms with van der Waals surface area (Å²) in [6.45, 7) is 24.9. The minimum atomic E-state index is -1.98. The van der Waals surface area contributed by atoms with Crippen molar-refractivity contribution in [2.24, 2.45) is 0 Å². The first-order valence-electron chi connectivity index (χ1n) is 11.4. The molecule has 0 aliphatic heterocycles. The SMILES string of the molecule is C/C(=C\c1ccccc1Br)c1cc(O[Si](C)(C)C(C)(C)C)cc(O[Si](C)(C)C(C)(C)C)c1. The van der Waals surface area contributed by atoms with E-state index in [0.29, 0.717) is 0 Å². The molecule has 0 bridgehead atoms. The Morgan fingerprint density at radius 3 is 1.62 bits per heavy atom. The van der Waals surface area contributed by atoms with Gasteiger partial charge in [-0.05, 0) is 78.1 Å². The number of benzene rings is 2. The zero-order chi connectivity index (χ0) is 24.5. The number of allylic oxidation sites excluding steroid dienone is 1. The van der Waals surface area contributed by atoms with Gasteiger partial charge < -0.3 is 8.85 Å². The number of hydrogen-bond donors (Lipinski definition) is 0. The van der Waals surface area contributed by atoms with Gasteiger partial charge in [0.25, 0.3) is 0 Å². The molecule has 0 aliphatic rings. The van der Waals surface area contributed by atoms with Crippen molar-refractivity contribution in [1.82, 2.24) is 0 Å². The Morgan fingerprint density at radius 1 is 0.781 bits per heavy atom. The van der Waals surface area contributed by atoms with Gasteiger partial charge in [0.05, 0.1) is 0 Å². The molecule has 0 unspecified atom stereocenters. The summed E-state index contributed by atoms with van der Waals surface area (Å²) in [5.74, 6) is 1.81. The van der Waals surface area contributed by atoms with Crippen molar-refractivity contribution in [2.45, 2.75) is 84.7 Å². The Kier molecular flexibility index (Phi) is 8.01. The van der Waals surface area contributed by atoms with E-state index in [4.69, 9.17) is 8.85 Å². The zero-order valence-electron chi connectivity index (χ0n) is 21.8. The molecule has 0 amide bonds. The lowest BCUT2D eigenvalue weighted by Crippen LogP contribution is -2.44. The van der Waals surface area contributed by atoms with Crippen LogP contribution in [0.5, 0.6) is 11.5 Å². The monoisotopic (exact) mass is 532 g/mol. The quantitative estimate of drug-likeness (QED) is 0.272. The summed E-state index contributed by atoms with van der Waals surface area (Å²) in [6.07, 6.45) is 2.21. The van der Waals surface area contributed by atoms with Crippen LogP contribution in [0.15, 0.2) is 46.9 Å². The summed E-state index contributed by atoms with van der Waals surface area (Å²) in [5.41, 5.74) is 3.47. The average molecular weight is 534 g/mol. The maximum atomic E-state index is 6.71. The van der Waals surface area contributed by atoms with Crippen molar-refractivity contribution in [3.63, 3.8) is 0 Å². The van der Waals surface area contributed by atoms with Crippen LogP contribution in [0, 0.1) is 0 Å². The van der Waals surface area contributed by atoms with Crippen LogP contribution in [0.3, 0.4) is 0 Å². The average Bonchev–Trinajstić information content (AvgIpc) is 2.60. The Labute approximate surface area is 206 Å². The number of rotatable bonds is 6. The van der Waals surface area contributed by atoms with E-state index >= 15 is 0 Å². The van der Waals surface area contributed by atoms with Crippen molar-refractivity contribution >= 4 is 44.2 Å². The largest absolute Gasteiger partial charge is 0.543 e. The molecular weight excluding hydrogens is 492 g/mol. The second-order valence-corrected chi connectivity index (χ2v) is 22.1. The van der Waals surface area contributed by atoms with Gasteiger partial charge in [-0.25, -0.2) is 0 Å². The third-order valence-electron chi connectivity index (χ3n) is 6.97. The third-order valence-corrected chi connectivity index (χ3v) is 16.4. The maximum Gasteiger partial charge on any atom is 0.250 e. The minimum absolute atomic E-state index is 0.128. The predicted octanol–water partition coefficient (Wildman–Crippen LogP) is 9.78. The minimum Gasteiger partial charge on any atom is -0.543 e. The fourth-order valence-electron chi connectivity index (χ4n) is 2.72. The van der Waals surface area contributed by atoms with Crippen LogP contribution in [-0.4, -0.2) is 16.6 Å². The van der Waals surface area contributed by atoms with Crippen LogP contribution >= 0.6 is 15.9 Å². The van der Waals surface area contributed by atoms with Gasteiger partial charge in [0.15, 0.2) is 0 Å². The lowest BCUT2D eigenvalue weighted by atomic mass is 10.0. The highest BCUT2D eigenvalue weighted by Crippen LogP contribution is 2.41. The van der Waals surface area contributed by atoms with Gasteiger partial charge in [0.1, 0.15) is 11.5 Å². The van der Waals surface area contributed by atoms with E-state index in [2.05, 4.69) is 133 Å².